The van der Waals surface area contributed by atoms with Gasteiger partial charge in [0.05, 0.1) is 24.6 Å². The highest BCUT2D eigenvalue weighted by Crippen LogP contribution is 2.22. The molecule has 0 saturated carbocycles. The first-order chi connectivity index (χ1) is 18.3. The number of imide groups is 2. The highest BCUT2D eigenvalue weighted by molar-refractivity contribution is 6.28. The largest absolute Gasteiger partial charge is 0.449 e. The fourth-order valence-electron chi connectivity index (χ4n) is 3.54. The summed E-state index contributed by atoms with van der Waals surface area (Å²) in [6, 6.07) is 12.3. The third-order valence-corrected chi connectivity index (χ3v) is 5.37. The van der Waals surface area contributed by atoms with Gasteiger partial charge in [0.15, 0.2) is 0 Å². The Morgan fingerprint density at radius 3 is 1.18 bits per heavy atom. The molecule has 12 heteroatoms. The van der Waals surface area contributed by atoms with Crippen LogP contribution in [-0.4, -0.2) is 49.0 Å². The SMILES string of the molecule is O=C(Nc1ccc(N2C(=O)C=CC2=O)cc1)OCCCCOC(=O)Nc1ccc(N2C(=O)C=CC2=O)cc1. The standard InChI is InChI=1S/C26H22N4O8/c31-21-11-12-22(32)29(21)19-7-3-17(4-8-19)27-25(35)37-15-1-2-16-38-26(36)28-18-5-9-20(10-6-18)30-23(33)13-14-24(30)34/h3-14H,1-2,15-16H2,(H,27,35)(H,28,36). The van der Waals surface area contributed by atoms with Crippen LogP contribution in [0.1, 0.15) is 12.8 Å². The van der Waals surface area contributed by atoms with Crippen molar-refractivity contribution in [2.75, 3.05) is 33.6 Å². The first kappa shape index (κ1) is 25.8. The van der Waals surface area contributed by atoms with Crippen LogP contribution in [0.4, 0.5) is 32.3 Å². The van der Waals surface area contributed by atoms with Gasteiger partial charge in [0.25, 0.3) is 23.6 Å². The summed E-state index contributed by atoms with van der Waals surface area (Å²) in [5, 5.41) is 5.08. The molecule has 0 aliphatic carbocycles. The van der Waals surface area contributed by atoms with Crippen LogP contribution in [0.15, 0.2) is 72.8 Å². The predicted octanol–water partition coefficient (Wildman–Crippen LogP) is 3.12. The Morgan fingerprint density at radius 1 is 0.553 bits per heavy atom. The summed E-state index contributed by atoms with van der Waals surface area (Å²) in [5.41, 5.74) is 1.62. The average Bonchev–Trinajstić information content (AvgIpc) is 3.41. The van der Waals surface area contributed by atoms with Crippen molar-refractivity contribution in [1.29, 1.82) is 0 Å². The van der Waals surface area contributed by atoms with Gasteiger partial charge in [-0.25, -0.2) is 19.4 Å². The second-order valence-corrected chi connectivity index (χ2v) is 8.01. The zero-order valence-corrected chi connectivity index (χ0v) is 19.9. The van der Waals surface area contributed by atoms with E-state index in [4.69, 9.17) is 9.47 Å². The number of rotatable bonds is 9. The molecule has 2 aliphatic heterocycles. The lowest BCUT2D eigenvalue weighted by Crippen LogP contribution is -2.29. The molecule has 2 N–H and O–H groups in total. The van der Waals surface area contributed by atoms with Crippen LogP contribution in [0.25, 0.3) is 0 Å². The van der Waals surface area contributed by atoms with Crippen molar-refractivity contribution in [1.82, 2.24) is 0 Å². The second kappa shape index (κ2) is 11.6. The van der Waals surface area contributed by atoms with Gasteiger partial charge >= 0.3 is 12.2 Å². The van der Waals surface area contributed by atoms with Gasteiger partial charge < -0.3 is 9.47 Å². The van der Waals surface area contributed by atoms with Crippen LogP contribution in [0.5, 0.6) is 0 Å². The Kier molecular flexibility index (Phi) is 7.92. The number of hydrogen-bond acceptors (Lipinski definition) is 8. The van der Waals surface area contributed by atoms with Gasteiger partial charge in [-0.3, -0.25) is 29.8 Å². The molecule has 2 aliphatic rings. The number of carbonyl (C=O) groups is 6. The summed E-state index contributed by atoms with van der Waals surface area (Å²) in [4.78, 5) is 72.7. The molecule has 0 bridgehead atoms. The topological polar surface area (TPSA) is 151 Å². The van der Waals surface area contributed by atoms with Crippen molar-refractivity contribution in [2.24, 2.45) is 0 Å². The van der Waals surface area contributed by atoms with Crippen LogP contribution in [-0.2, 0) is 28.7 Å². The summed E-state index contributed by atoms with van der Waals surface area (Å²) in [6.45, 7) is 0.198. The van der Waals surface area contributed by atoms with Gasteiger partial charge in [0.2, 0.25) is 0 Å². The van der Waals surface area contributed by atoms with Gasteiger partial charge in [-0.2, -0.15) is 0 Å². The summed E-state index contributed by atoms with van der Waals surface area (Å²) in [5.74, 6) is -1.73. The number of amides is 6. The summed E-state index contributed by atoms with van der Waals surface area (Å²) in [6.07, 6.45) is 4.29. The minimum atomic E-state index is -0.678. The summed E-state index contributed by atoms with van der Waals surface area (Å²) in [7, 11) is 0. The molecule has 2 aromatic carbocycles. The molecule has 0 aromatic heterocycles. The maximum atomic E-state index is 11.9. The molecule has 194 valence electrons. The molecular formula is C26H22N4O8. The number of nitrogens with zero attached hydrogens (tertiary/aromatic N) is 2. The first-order valence-electron chi connectivity index (χ1n) is 11.5. The van der Waals surface area contributed by atoms with Gasteiger partial charge in [-0.05, 0) is 61.4 Å². The minimum Gasteiger partial charge on any atom is -0.449 e. The van der Waals surface area contributed by atoms with Crippen LogP contribution in [0.2, 0.25) is 0 Å². The molecule has 0 unspecified atom stereocenters. The third-order valence-electron chi connectivity index (χ3n) is 5.37. The lowest BCUT2D eigenvalue weighted by atomic mass is 10.2. The maximum Gasteiger partial charge on any atom is 0.411 e. The molecule has 4 rings (SSSR count). The summed E-state index contributed by atoms with van der Waals surface area (Å²) < 4.78 is 10.2. The van der Waals surface area contributed by atoms with Crippen molar-refractivity contribution >= 4 is 58.6 Å². The van der Waals surface area contributed by atoms with E-state index in [-0.39, 0.29) is 13.2 Å². The van der Waals surface area contributed by atoms with E-state index >= 15 is 0 Å². The Balaban J connectivity index is 1.09. The number of hydrogen-bond donors (Lipinski definition) is 2. The molecule has 38 heavy (non-hydrogen) atoms. The molecule has 2 heterocycles. The molecule has 0 fully saturated rings. The van der Waals surface area contributed by atoms with Crippen LogP contribution >= 0.6 is 0 Å². The van der Waals surface area contributed by atoms with Gasteiger partial charge in [0, 0.05) is 35.7 Å². The first-order valence-corrected chi connectivity index (χ1v) is 11.5. The van der Waals surface area contributed by atoms with E-state index in [1.54, 1.807) is 0 Å². The molecule has 0 saturated heterocycles. The molecule has 0 atom stereocenters. The lowest BCUT2D eigenvalue weighted by Gasteiger charge is -2.14. The number of ether oxygens (including phenoxy) is 2. The Morgan fingerprint density at radius 2 is 0.868 bits per heavy atom. The molecule has 12 nitrogen and oxygen atoms in total. The minimum absolute atomic E-state index is 0.0988. The number of benzene rings is 2. The highest BCUT2D eigenvalue weighted by Gasteiger charge is 2.25. The van der Waals surface area contributed by atoms with Crippen molar-refractivity contribution in [3.63, 3.8) is 0 Å². The number of anilines is 4. The van der Waals surface area contributed by atoms with Gasteiger partial charge in [-0.1, -0.05) is 0 Å². The normalized spacial score (nSPS) is 14.3. The van der Waals surface area contributed by atoms with Gasteiger partial charge in [0.1, 0.15) is 0 Å². The Labute approximate surface area is 216 Å². The lowest BCUT2D eigenvalue weighted by molar-refractivity contribution is -0.121. The van der Waals surface area contributed by atoms with Crippen LogP contribution in [0.3, 0.4) is 0 Å². The van der Waals surface area contributed by atoms with Crippen molar-refractivity contribution < 1.29 is 38.2 Å². The fourth-order valence-corrected chi connectivity index (χ4v) is 3.54. The molecule has 0 spiro atoms. The second-order valence-electron chi connectivity index (χ2n) is 8.01. The van der Waals surface area contributed by atoms with E-state index in [0.29, 0.717) is 35.6 Å². The third kappa shape index (κ3) is 6.29. The zero-order valence-electron chi connectivity index (χ0n) is 19.9. The molecule has 2 aromatic rings. The Hall–Kier alpha value is -5.26. The van der Waals surface area contributed by atoms with Crippen LogP contribution in [0, 0.1) is 0 Å². The van der Waals surface area contributed by atoms with E-state index in [9.17, 15) is 28.8 Å². The van der Waals surface area contributed by atoms with E-state index in [0.717, 1.165) is 9.80 Å². The molecule has 6 amide bonds. The zero-order chi connectivity index (χ0) is 27.1. The number of carbonyl (C=O) groups excluding carboxylic acids is 6. The number of unbranched alkanes of at least 4 members (excludes halogenated alkanes) is 1. The summed E-state index contributed by atoms with van der Waals surface area (Å²) >= 11 is 0. The van der Waals surface area contributed by atoms with Crippen molar-refractivity contribution in [3.05, 3.63) is 72.8 Å². The quantitative estimate of drug-likeness (QED) is 0.380. The predicted molar refractivity (Wildman–Crippen MR) is 135 cm³/mol. The number of nitrogens with one attached hydrogen (secondary N) is 2. The van der Waals surface area contributed by atoms with E-state index in [2.05, 4.69) is 10.6 Å². The smallest absolute Gasteiger partial charge is 0.411 e. The fraction of sp³-hybridized carbons (Fsp3) is 0.154. The van der Waals surface area contributed by atoms with E-state index < -0.39 is 35.8 Å². The molecular weight excluding hydrogens is 496 g/mol. The average molecular weight is 518 g/mol. The Bertz CT molecular complexity index is 1190. The van der Waals surface area contributed by atoms with E-state index in [1.165, 1.54) is 72.8 Å². The maximum absolute atomic E-state index is 11.9. The van der Waals surface area contributed by atoms with Crippen LogP contribution < -0.4 is 20.4 Å². The highest BCUT2D eigenvalue weighted by atomic mass is 16.6. The van der Waals surface area contributed by atoms with Crippen molar-refractivity contribution in [2.45, 2.75) is 12.8 Å². The van der Waals surface area contributed by atoms with E-state index in [1.807, 2.05) is 0 Å². The van der Waals surface area contributed by atoms with Crippen molar-refractivity contribution in [3.8, 4) is 0 Å². The monoisotopic (exact) mass is 518 g/mol. The molecule has 0 radical (unpaired) electrons. The van der Waals surface area contributed by atoms with Gasteiger partial charge in [-0.15, -0.1) is 0 Å².